The van der Waals surface area contributed by atoms with E-state index in [4.69, 9.17) is 28.3 Å². The molecule has 2 heterocycles. The van der Waals surface area contributed by atoms with Gasteiger partial charge in [0.15, 0.2) is 0 Å². The molecule has 1 aliphatic rings. The van der Waals surface area contributed by atoms with Crippen LogP contribution in [-0.2, 0) is 4.79 Å². The Kier molecular flexibility index (Phi) is 6.29. The number of urea groups is 1. The van der Waals surface area contributed by atoms with E-state index in [-0.39, 0.29) is 11.9 Å². The normalized spacial score (nSPS) is 15.3. The van der Waals surface area contributed by atoms with Gasteiger partial charge < -0.3 is 20.6 Å². The number of aromatic nitrogens is 1. The average Bonchev–Trinajstić information content (AvgIpc) is 2.53. The first-order valence-electron chi connectivity index (χ1n) is 7.28. The minimum absolute atomic E-state index is 0.189. The standard InChI is InChI=1S/C14H18Cl2N4O3/c15-10-7-11(16)12(19-8-10)17-3-4-18-14(23)20-5-1-9(2-6-20)13(21)22/h7-9H,1-6H2,(H,17,19)(H,18,23)(H,21,22). The number of hydrogen-bond donors (Lipinski definition) is 3. The van der Waals surface area contributed by atoms with Gasteiger partial charge in [-0.05, 0) is 18.9 Å². The van der Waals surface area contributed by atoms with Crippen molar-refractivity contribution < 1.29 is 14.7 Å². The van der Waals surface area contributed by atoms with Crippen LogP contribution < -0.4 is 10.6 Å². The van der Waals surface area contributed by atoms with E-state index >= 15 is 0 Å². The third-order valence-electron chi connectivity index (χ3n) is 3.63. The third kappa shape index (κ3) is 5.14. The van der Waals surface area contributed by atoms with Gasteiger partial charge in [-0.2, -0.15) is 0 Å². The molecule has 0 atom stereocenters. The molecule has 0 radical (unpaired) electrons. The SMILES string of the molecule is O=C(O)C1CCN(C(=O)NCCNc2ncc(Cl)cc2Cl)CC1. The Balaban J connectivity index is 1.68. The first-order valence-corrected chi connectivity index (χ1v) is 8.03. The number of likely N-dealkylation sites (tertiary alicyclic amines) is 1. The van der Waals surface area contributed by atoms with Gasteiger partial charge in [0.1, 0.15) is 5.82 Å². The molecule has 1 aliphatic heterocycles. The van der Waals surface area contributed by atoms with Gasteiger partial charge in [-0.15, -0.1) is 0 Å². The van der Waals surface area contributed by atoms with E-state index in [1.165, 1.54) is 6.20 Å². The maximum atomic E-state index is 12.0. The monoisotopic (exact) mass is 360 g/mol. The van der Waals surface area contributed by atoms with Crippen molar-refractivity contribution in [3.05, 3.63) is 22.3 Å². The molecule has 2 rings (SSSR count). The van der Waals surface area contributed by atoms with Crippen LogP contribution in [0.2, 0.25) is 10.0 Å². The highest BCUT2D eigenvalue weighted by atomic mass is 35.5. The number of carboxylic acid groups (broad SMARTS) is 1. The summed E-state index contributed by atoms with van der Waals surface area (Å²) in [6, 6.07) is 1.40. The van der Waals surface area contributed by atoms with Gasteiger partial charge in [0.25, 0.3) is 0 Å². The summed E-state index contributed by atoms with van der Waals surface area (Å²) in [4.78, 5) is 28.5. The molecule has 0 spiro atoms. The van der Waals surface area contributed by atoms with E-state index in [2.05, 4.69) is 15.6 Å². The summed E-state index contributed by atoms with van der Waals surface area (Å²) in [7, 11) is 0. The zero-order chi connectivity index (χ0) is 16.8. The van der Waals surface area contributed by atoms with Gasteiger partial charge >= 0.3 is 12.0 Å². The number of rotatable bonds is 5. The number of pyridine rings is 1. The fourth-order valence-electron chi connectivity index (χ4n) is 2.34. The number of hydrogen-bond acceptors (Lipinski definition) is 4. The van der Waals surface area contributed by atoms with Crippen molar-refractivity contribution in [2.45, 2.75) is 12.8 Å². The zero-order valence-corrected chi connectivity index (χ0v) is 13.9. The van der Waals surface area contributed by atoms with Gasteiger partial charge in [0, 0.05) is 32.4 Å². The van der Waals surface area contributed by atoms with Crippen LogP contribution in [0.25, 0.3) is 0 Å². The van der Waals surface area contributed by atoms with Gasteiger partial charge in [-0.25, -0.2) is 9.78 Å². The molecule has 0 aromatic carbocycles. The molecule has 0 unspecified atom stereocenters. The van der Waals surface area contributed by atoms with Crippen molar-refractivity contribution in [1.29, 1.82) is 0 Å². The summed E-state index contributed by atoms with van der Waals surface area (Å²) in [5.74, 6) is -0.631. The van der Waals surface area contributed by atoms with E-state index in [0.717, 1.165) is 0 Å². The second-order valence-electron chi connectivity index (χ2n) is 5.24. The lowest BCUT2D eigenvalue weighted by Gasteiger charge is -2.30. The molecule has 1 saturated heterocycles. The molecular formula is C14H18Cl2N4O3. The molecule has 9 heteroatoms. The van der Waals surface area contributed by atoms with E-state index in [1.54, 1.807) is 11.0 Å². The molecule has 1 aromatic heterocycles. The summed E-state index contributed by atoms with van der Waals surface area (Å²) in [6.45, 7) is 1.78. The highest BCUT2D eigenvalue weighted by Crippen LogP contribution is 2.22. The van der Waals surface area contributed by atoms with Crippen molar-refractivity contribution in [1.82, 2.24) is 15.2 Å². The molecule has 3 N–H and O–H groups in total. The van der Waals surface area contributed by atoms with Gasteiger partial charge in [0.2, 0.25) is 0 Å². The Morgan fingerprint density at radius 1 is 1.30 bits per heavy atom. The molecule has 1 aromatic rings. The molecule has 7 nitrogen and oxygen atoms in total. The smallest absolute Gasteiger partial charge is 0.317 e. The number of carbonyl (C=O) groups excluding carboxylic acids is 1. The molecule has 23 heavy (non-hydrogen) atoms. The Labute approximate surface area is 144 Å². The van der Waals surface area contributed by atoms with Crippen molar-refractivity contribution in [2.75, 3.05) is 31.5 Å². The Bertz CT molecular complexity index is 577. The topological polar surface area (TPSA) is 94.6 Å². The lowest BCUT2D eigenvalue weighted by molar-refractivity contribution is -0.143. The Morgan fingerprint density at radius 3 is 2.61 bits per heavy atom. The molecule has 2 amide bonds. The third-order valence-corrected chi connectivity index (χ3v) is 4.13. The fraction of sp³-hybridized carbons (Fsp3) is 0.500. The number of carbonyl (C=O) groups is 2. The quantitative estimate of drug-likeness (QED) is 0.700. The second kappa shape index (κ2) is 8.21. The van der Waals surface area contributed by atoms with Crippen LogP contribution in [0.4, 0.5) is 10.6 Å². The predicted octanol–water partition coefficient (Wildman–Crippen LogP) is 2.31. The number of carboxylic acids is 1. The molecule has 1 fully saturated rings. The molecular weight excluding hydrogens is 343 g/mol. The number of halogens is 2. The van der Waals surface area contributed by atoms with Crippen LogP contribution >= 0.6 is 23.2 Å². The van der Waals surface area contributed by atoms with Crippen molar-refractivity contribution in [3.8, 4) is 0 Å². The number of anilines is 1. The molecule has 0 saturated carbocycles. The summed E-state index contributed by atoms with van der Waals surface area (Å²) >= 11 is 11.7. The van der Waals surface area contributed by atoms with E-state index in [1.807, 2.05) is 0 Å². The van der Waals surface area contributed by atoms with Crippen LogP contribution in [0, 0.1) is 5.92 Å². The van der Waals surface area contributed by atoms with Crippen LogP contribution in [0.3, 0.4) is 0 Å². The number of piperidine rings is 1. The number of nitrogens with one attached hydrogen (secondary N) is 2. The highest BCUT2D eigenvalue weighted by molar-refractivity contribution is 6.35. The first-order chi connectivity index (χ1) is 11.0. The number of amides is 2. The predicted molar refractivity (Wildman–Crippen MR) is 88.1 cm³/mol. The lowest BCUT2D eigenvalue weighted by Crippen LogP contribution is -2.46. The Morgan fingerprint density at radius 2 is 2.00 bits per heavy atom. The second-order valence-corrected chi connectivity index (χ2v) is 6.09. The maximum Gasteiger partial charge on any atom is 0.317 e. The molecule has 126 valence electrons. The van der Waals surface area contributed by atoms with Crippen molar-refractivity contribution >= 4 is 41.0 Å². The van der Waals surface area contributed by atoms with Crippen LogP contribution in [0.5, 0.6) is 0 Å². The van der Waals surface area contributed by atoms with Gasteiger partial charge in [0.05, 0.1) is 16.0 Å². The minimum Gasteiger partial charge on any atom is -0.481 e. The maximum absolute atomic E-state index is 12.0. The Hall–Kier alpha value is -1.73. The number of aliphatic carboxylic acids is 1. The zero-order valence-electron chi connectivity index (χ0n) is 12.4. The number of nitrogens with zero attached hydrogens (tertiary/aromatic N) is 2. The van der Waals surface area contributed by atoms with E-state index < -0.39 is 5.97 Å². The van der Waals surface area contributed by atoms with Crippen molar-refractivity contribution in [2.24, 2.45) is 5.92 Å². The lowest BCUT2D eigenvalue weighted by atomic mass is 9.97. The largest absolute Gasteiger partial charge is 0.481 e. The molecule has 0 bridgehead atoms. The van der Waals surface area contributed by atoms with Gasteiger partial charge in [-0.1, -0.05) is 23.2 Å². The molecule has 0 aliphatic carbocycles. The summed E-state index contributed by atoms with van der Waals surface area (Å²) in [6.07, 6.45) is 2.47. The summed E-state index contributed by atoms with van der Waals surface area (Å²) < 4.78 is 0. The summed E-state index contributed by atoms with van der Waals surface area (Å²) in [5, 5.41) is 15.6. The average molecular weight is 361 g/mol. The van der Waals surface area contributed by atoms with Crippen LogP contribution in [0.15, 0.2) is 12.3 Å². The fourth-order valence-corrected chi connectivity index (χ4v) is 2.78. The minimum atomic E-state index is -0.790. The highest BCUT2D eigenvalue weighted by Gasteiger charge is 2.26. The van der Waals surface area contributed by atoms with Gasteiger partial charge in [-0.3, -0.25) is 4.79 Å². The van der Waals surface area contributed by atoms with Crippen LogP contribution in [0.1, 0.15) is 12.8 Å². The van der Waals surface area contributed by atoms with E-state index in [0.29, 0.717) is 54.9 Å². The van der Waals surface area contributed by atoms with Crippen molar-refractivity contribution in [3.63, 3.8) is 0 Å². The van der Waals surface area contributed by atoms with E-state index in [9.17, 15) is 9.59 Å². The van der Waals surface area contributed by atoms with Crippen LogP contribution in [-0.4, -0.2) is 53.2 Å². The first kappa shape index (κ1) is 17.6. The summed E-state index contributed by atoms with van der Waals surface area (Å²) in [5.41, 5.74) is 0.